The van der Waals surface area contributed by atoms with Crippen LogP contribution in [0.1, 0.15) is 19.4 Å². The molecular weight excluding hydrogens is 286 g/mol. The van der Waals surface area contributed by atoms with Crippen molar-refractivity contribution in [1.29, 1.82) is 0 Å². The van der Waals surface area contributed by atoms with Crippen LogP contribution in [0.2, 0.25) is 0 Å². The number of carbonyl (C=O) groups is 3. The molecule has 22 heavy (non-hydrogen) atoms. The number of amides is 3. The molecule has 120 valence electrons. The highest BCUT2D eigenvalue weighted by atomic mass is 16.5. The summed E-state index contributed by atoms with van der Waals surface area (Å²) in [4.78, 5) is 34.3. The minimum Gasteiger partial charge on any atom is -0.445 e. The van der Waals surface area contributed by atoms with Gasteiger partial charge in [0.25, 0.3) is 0 Å². The minimum absolute atomic E-state index is 0.115. The zero-order valence-electron chi connectivity index (χ0n) is 12.7. The molecule has 0 saturated carbocycles. The van der Waals surface area contributed by atoms with Gasteiger partial charge < -0.3 is 21.1 Å². The van der Waals surface area contributed by atoms with Crippen LogP contribution in [0.3, 0.4) is 0 Å². The molecule has 1 rings (SSSR count). The monoisotopic (exact) mass is 307 g/mol. The van der Waals surface area contributed by atoms with Crippen molar-refractivity contribution in [2.75, 3.05) is 6.54 Å². The van der Waals surface area contributed by atoms with Gasteiger partial charge in [-0.1, -0.05) is 44.2 Å². The van der Waals surface area contributed by atoms with Crippen LogP contribution in [-0.4, -0.2) is 30.5 Å². The number of alkyl carbamates (subject to hydrolysis) is 1. The summed E-state index contributed by atoms with van der Waals surface area (Å²) in [5.74, 6) is -1.25. The third-order valence-electron chi connectivity index (χ3n) is 2.90. The highest BCUT2D eigenvalue weighted by Crippen LogP contribution is 2.01. The number of nitrogens with one attached hydrogen (secondary N) is 2. The molecule has 0 aromatic heterocycles. The summed E-state index contributed by atoms with van der Waals surface area (Å²) in [5.41, 5.74) is 6.03. The predicted molar refractivity (Wildman–Crippen MR) is 80.6 cm³/mol. The first kappa shape index (κ1) is 17.5. The van der Waals surface area contributed by atoms with Gasteiger partial charge in [0.1, 0.15) is 19.2 Å². The maximum atomic E-state index is 11.7. The summed E-state index contributed by atoms with van der Waals surface area (Å²) in [6.45, 7) is 3.35. The molecule has 3 amide bonds. The molecule has 4 N–H and O–H groups in total. The molecule has 0 saturated heterocycles. The van der Waals surface area contributed by atoms with Gasteiger partial charge in [-0.15, -0.1) is 0 Å². The Morgan fingerprint density at radius 1 is 1.18 bits per heavy atom. The van der Waals surface area contributed by atoms with Gasteiger partial charge in [-0.25, -0.2) is 4.79 Å². The fourth-order valence-electron chi connectivity index (χ4n) is 1.72. The Morgan fingerprint density at radius 3 is 2.36 bits per heavy atom. The van der Waals surface area contributed by atoms with Crippen molar-refractivity contribution in [2.24, 2.45) is 11.7 Å². The van der Waals surface area contributed by atoms with Gasteiger partial charge in [0.05, 0.1) is 0 Å². The number of primary amides is 1. The summed E-state index contributed by atoms with van der Waals surface area (Å²) in [6.07, 6.45) is -0.709. The van der Waals surface area contributed by atoms with Crippen molar-refractivity contribution in [3.8, 4) is 0 Å². The Balaban J connectivity index is 2.31. The lowest BCUT2D eigenvalue weighted by atomic mass is 10.0. The summed E-state index contributed by atoms with van der Waals surface area (Å²) >= 11 is 0. The van der Waals surface area contributed by atoms with Crippen molar-refractivity contribution in [3.05, 3.63) is 35.9 Å². The molecule has 0 aliphatic heterocycles. The quantitative estimate of drug-likeness (QED) is 0.682. The fourth-order valence-corrected chi connectivity index (χ4v) is 1.72. The van der Waals surface area contributed by atoms with Crippen LogP contribution >= 0.6 is 0 Å². The first-order valence-corrected chi connectivity index (χ1v) is 6.93. The van der Waals surface area contributed by atoms with E-state index in [-0.39, 0.29) is 19.1 Å². The first-order valence-electron chi connectivity index (χ1n) is 6.93. The van der Waals surface area contributed by atoms with Gasteiger partial charge in [0.2, 0.25) is 11.8 Å². The Labute approximate surface area is 129 Å². The largest absolute Gasteiger partial charge is 0.445 e. The molecule has 0 spiro atoms. The molecule has 0 radical (unpaired) electrons. The van der Waals surface area contributed by atoms with Crippen LogP contribution in [0.15, 0.2) is 30.3 Å². The SMILES string of the molecule is CC(C)[C@@H](NC(=O)CNC(=O)OCc1ccccc1)C(N)=O. The second-order valence-electron chi connectivity index (χ2n) is 5.11. The van der Waals surface area contributed by atoms with E-state index in [1.807, 2.05) is 30.3 Å². The molecule has 1 atom stereocenters. The second kappa shape index (κ2) is 8.66. The summed E-state index contributed by atoms with van der Waals surface area (Å²) < 4.78 is 4.96. The molecule has 0 fully saturated rings. The lowest BCUT2D eigenvalue weighted by molar-refractivity contribution is -0.127. The summed E-state index contributed by atoms with van der Waals surface area (Å²) in [6, 6.07) is 8.40. The van der Waals surface area contributed by atoms with Crippen LogP contribution in [0, 0.1) is 5.92 Å². The van der Waals surface area contributed by atoms with Crippen molar-refractivity contribution in [1.82, 2.24) is 10.6 Å². The number of benzene rings is 1. The smallest absolute Gasteiger partial charge is 0.407 e. The maximum Gasteiger partial charge on any atom is 0.407 e. The molecule has 0 heterocycles. The van der Waals surface area contributed by atoms with Gasteiger partial charge in [-0.3, -0.25) is 9.59 Å². The number of nitrogens with two attached hydrogens (primary N) is 1. The van der Waals surface area contributed by atoms with E-state index < -0.39 is 23.9 Å². The average Bonchev–Trinajstić information content (AvgIpc) is 2.49. The molecular formula is C15H21N3O4. The van der Waals surface area contributed by atoms with E-state index in [2.05, 4.69) is 10.6 Å². The van der Waals surface area contributed by atoms with Crippen LogP contribution < -0.4 is 16.4 Å². The molecule has 1 aromatic rings. The Bertz CT molecular complexity index is 517. The van der Waals surface area contributed by atoms with Crippen LogP contribution in [-0.2, 0) is 20.9 Å². The number of hydrogen-bond donors (Lipinski definition) is 3. The van der Waals surface area contributed by atoms with E-state index in [1.54, 1.807) is 13.8 Å². The van der Waals surface area contributed by atoms with Gasteiger partial charge in [0, 0.05) is 0 Å². The number of carbonyl (C=O) groups excluding carboxylic acids is 3. The Morgan fingerprint density at radius 2 is 1.82 bits per heavy atom. The molecule has 1 aromatic carbocycles. The second-order valence-corrected chi connectivity index (χ2v) is 5.11. The summed E-state index contributed by atoms with van der Waals surface area (Å²) in [7, 11) is 0. The fraction of sp³-hybridized carbons (Fsp3) is 0.400. The van der Waals surface area contributed by atoms with Gasteiger partial charge in [0.15, 0.2) is 0 Å². The Kier molecular flexibility index (Phi) is 6.88. The normalized spacial score (nSPS) is 11.6. The molecule has 0 bridgehead atoms. The standard InChI is InChI=1S/C15H21N3O4/c1-10(2)13(14(16)20)18-12(19)8-17-15(21)22-9-11-6-4-3-5-7-11/h3-7,10,13H,8-9H2,1-2H3,(H2,16,20)(H,17,21)(H,18,19)/t13-/m1/s1. The molecule has 7 nitrogen and oxygen atoms in total. The minimum atomic E-state index is -0.769. The number of hydrogen-bond acceptors (Lipinski definition) is 4. The molecule has 7 heteroatoms. The topological polar surface area (TPSA) is 111 Å². The number of rotatable bonds is 7. The Hall–Kier alpha value is -2.57. The van der Waals surface area contributed by atoms with E-state index in [0.717, 1.165) is 5.56 Å². The number of ether oxygens (including phenoxy) is 1. The van der Waals surface area contributed by atoms with Crippen LogP contribution in [0.5, 0.6) is 0 Å². The third kappa shape index (κ3) is 6.25. The van der Waals surface area contributed by atoms with Crippen molar-refractivity contribution in [2.45, 2.75) is 26.5 Å². The van der Waals surface area contributed by atoms with Crippen LogP contribution in [0.4, 0.5) is 4.79 Å². The van der Waals surface area contributed by atoms with Crippen molar-refractivity contribution < 1.29 is 19.1 Å². The van der Waals surface area contributed by atoms with E-state index in [4.69, 9.17) is 10.5 Å². The molecule has 0 unspecified atom stereocenters. The molecule has 0 aliphatic carbocycles. The first-order chi connectivity index (χ1) is 10.4. The van der Waals surface area contributed by atoms with Gasteiger partial charge in [-0.05, 0) is 11.5 Å². The van der Waals surface area contributed by atoms with E-state index in [1.165, 1.54) is 0 Å². The predicted octanol–water partition coefficient (Wildman–Crippen LogP) is 0.539. The van der Waals surface area contributed by atoms with Crippen molar-refractivity contribution in [3.63, 3.8) is 0 Å². The third-order valence-corrected chi connectivity index (χ3v) is 2.90. The highest BCUT2D eigenvalue weighted by Gasteiger charge is 2.21. The zero-order valence-corrected chi connectivity index (χ0v) is 12.7. The maximum absolute atomic E-state index is 11.7. The zero-order chi connectivity index (χ0) is 16.5. The van der Waals surface area contributed by atoms with E-state index in [9.17, 15) is 14.4 Å². The van der Waals surface area contributed by atoms with Crippen molar-refractivity contribution >= 4 is 17.9 Å². The molecule has 0 aliphatic rings. The van der Waals surface area contributed by atoms with E-state index in [0.29, 0.717) is 0 Å². The summed E-state index contributed by atoms with van der Waals surface area (Å²) in [5, 5.41) is 4.77. The lowest BCUT2D eigenvalue weighted by Gasteiger charge is -2.18. The highest BCUT2D eigenvalue weighted by molar-refractivity contribution is 5.88. The van der Waals surface area contributed by atoms with Crippen LogP contribution in [0.25, 0.3) is 0 Å². The lowest BCUT2D eigenvalue weighted by Crippen LogP contribution is -2.50. The van der Waals surface area contributed by atoms with Gasteiger partial charge in [-0.2, -0.15) is 0 Å². The van der Waals surface area contributed by atoms with E-state index >= 15 is 0 Å². The van der Waals surface area contributed by atoms with Gasteiger partial charge >= 0.3 is 6.09 Å². The average molecular weight is 307 g/mol.